The number of ether oxygens (including phenoxy) is 1. The van der Waals surface area contributed by atoms with Crippen LogP contribution in [0.4, 0.5) is 0 Å². The van der Waals surface area contributed by atoms with Crippen molar-refractivity contribution in [3.05, 3.63) is 0 Å². The molecule has 0 aliphatic carbocycles. The van der Waals surface area contributed by atoms with Crippen molar-refractivity contribution in [1.29, 1.82) is 0 Å². The van der Waals surface area contributed by atoms with Crippen LogP contribution in [0.2, 0.25) is 0 Å². The van der Waals surface area contributed by atoms with Crippen LogP contribution >= 0.6 is 0 Å². The van der Waals surface area contributed by atoms with Gasteiger partial charge in [0.2, 0.25) is 0 Å². The molecule has 4 heteroatoms. The molecule has 0 saturated carbocycles. The molecule has 18 heavy (non-hydrogen) atoms. The van der Waals surface area contributed by atoms with Gasteiger partial charge >= 0.3 is 5.97 Å². The molecule has 0 radical (unpaired) electrons. The number of carboxylic acid groups (broad SMARTS) is 1. The third-order valence-electron chi connectivity index (χ3n) is 3.85. The zero-order valence-electron chi connectivity index (χ0n) is 12.1. The van der Waals surface area contributed by atoms with Crippen LogP contribution < -0.4 is 0 Å². The molecule has 0 spiro atoms. The van der Waals surface area contributed by atoms with Gasteiger partial charge in [-0.05, 0) is 37.6 Å². The summed E-state index contributed by atoms with van der Waals surface area (Å²) in [4.78, 5) is 13.3. The third kappa shape index (κ3) is 4.58. The molecule has 0 bridgehead atoms. The van der Waals surface area contributed by atoms with Crippen molar-refractivity contribution in [3.8, 4) is 0 Å². The number of carbonyl (C=O) groups is 1. The van der Waals surface area contributed by atoms with Gasteiger partial charge in [-0.1, -0.05) is 20.8 Å². The smallest absolute Gasteiger partial charge is 0.332 e. The van der Waals surface area contributed by atoms with Crippen molar-refractivity contribution in [2.45, 2.75) is 46.6 Å². The van der Waals surface area contributed by atoms with E-state index in [4.69, 9.17) is 9.84 Å². The second-order valence-corrected chi connectivity index (χ2v) is 6.22. The van der Waals surface area contributed by atoms with Gasteiger partial charge in [0, 0.05) is 19.7 Å². The van der Waals surface area contributed by atoms with Gasteiger partial charge in [-0.25, -0.2) is 4.79 Å². The van der Waals surface area contributed by atoms with E-state index in [1.165, 1.54) is 6.42 Å². The number of rotatable bonds is 6. The molecule has 1 heterocycles. The van der Waals surface area contributed by atoms with E-state index in [0.717, 1.165) is 19.6 Å². The summed E-state index contributed by atoms with van der Waals surface area (Å²) < 4.78 is 5.23. The maximum atomic E-state index is 11.0. The van der Waals surface area contributed by atoms with Gasteiger partial charge in [-0.3, -0.25) is 0 Å². The average Bonchev–Trinajstić information content (AvgIpc) is 2.71. The molecule has 4 nitrogen and oxygen atoms in total. The highest BCUT2D eigenvalue weighted by atomic mass is 16.5. The van der Waals surface area contributed by atoms with Gasteiger partial charge in [-0.15, -0.1) is 0 Å². The average molecular weight is 257 g/mol. The highest BCUT2D eigenvalue weighted by Crippen LogP contribution is 2.33. The third-order valence-corrected chi connectivity index (χ3v) is 3.85. The Morgan fingerprint density at radius 1 is 1.50 bits per heavy atom. The lowest BCUT2D eigenvalue weighted by Gasteiger charge is -2.27. The van der Waals surface area contributed by atoms with Gasteiger partial charge in [0.05, 0.1) is 0 Å². The lowest BCUT2D eigenvalue weighted by atomic mass is 9.80. The molecule has 1 aliphatic heterocycles. The fraction of sp³-hybridized carbons (Fsp3) is 0.929. The second-order valence-electron chi connectivity index (χ2n) is 6.22. The van der Waals surface area contributed by atoms with E-state index >= 15 is 0 Å². The number of hydrogen-bond acceptors (Lipinski definition) is 3. The molecule has 1 fully saturated rings. The van der Waals surface area contributed by atoms with E-state index < -0.39 is 12.1 Å². The summed E-state index contributed by atoms with van der Waals surface area (Å²) in [7, 11) is 0. The number of hydrogen-bond donors (Lipinski definition) is 1. The fourth-order valence-corrected chi connectivity index (χ4v) is 2.52. The zero-order chi connectivity index (χ0) is 13.8. The van der Waals surface area contributed by atoms with Crippen molar-refractivity contribution >= 4 is 5.97 Å². The van der Waals surface area contributed by atoms with E-state index in [2.05, 4.69) is 25.7 Å². The lowest BCUT2D eigenvalue weighted by Crippen LogP contribution is -2.32. The first-order valence-corrected chi connectivity index (χ1v) is 6.91. The quantitative estimate of drug-likeness (QED) is 0.793. The summed E-state index contributed by atoms with van der Waals surface area (Å²) in [6, 6.07) is 0. The first-order valence-electron chi connectivity index (χ1n) is 6.91. The van der Waals surface area contributed by atoms with E-state index in [1.54, 1.807) is 0 Å². The molecular formula is C14H27NO3. The molecule has 0 aromatic rings. The molecule has 2 unspecified atom stereocenters. The standard InChI is InChI=1S/C14H27NO3/c1-5-18-12(13(16)17)7-9-15-8-6-11(10-15)14(2,3)4/h11-12H,5-10H2,1-4H3,(H,16,17). The van der Waals surface area contributed by atoms with E-state index in [1.807, 2.05) is 6.92 Å². The summed E-state index contributed by atoms with van der Waals surface area (Å²) in [6.07, 6.45) is 1.15. The molecule has 106 valence electrons. The fourth-order valence-electron chi connectivity index (χ4n) is 2.52. The molecule has 0 aromatic carbocycles. The maximum Gasteiger partial charge on any atom is 0.332 e. The Hall–Kier alpha value is -0.610. The molecule has 1 N–H and O–H groups in total. The van der Waals surface area contributed by atoms with Crippen LogP contribution in [0, 0.1) is 11.3 Å². The Morgan fingerprint density at radius 2 is 2.17 bits per heavy atom. The molecule has 0 aromatic heterocycles. The number of likely N-dealkylation sites (tertiary alicyclic amines) is 1. The minimum atomic E-state index is -0.844. The zero-order valence-corrected chi connectivity index (χ0v) is 12.1. The van der Waals surface area contributed by atoms with Crippen LogP contribution in [0.1, 0.15) is 40.5 Å². The van der Waals surface area contributed by atoms with Crippen LogP contribution in [0.15, 0.2) is 0 Å². The van der Waals surface area contributed by atoms with Crippen molar-refractivity contribution in [2.24, 2.45) is 11.3 Å². The van der Waals surface area contributed by atoms with Gasteiger partial charge in [-0.2, -0.15) is 0 Å². The van der Waals surface area contributed by atoms with Crippen molar-refractivity contribution in [3.63, 3.8) is 0 Å². The van der Waals surface area contributed by atoms with Crippen molar-refractivity contribution in [1.82, 2.24) is 4.90 Å². The molecule has 1 saturated heterocycles. The molecule has 0 amide bonds. The topological polar surface area (TPSA) is 49.8 Å². The monoisotopic (exact) mass is 257 g/mol. The van der Waals surface area contributed by atoms with Gasteiger partial charge in [0.15, 0.2) is 6.10 Å². The lowest BCUT2D eigenvalue weighted by molar-refractivity contribution is -0.150. The largest absolute Gasteiger partial charge is 0.479 e. The normalized spacial score (nSPS) is 23.2. The van der Waals surface area contributed by atoms with Crippen LogP contribution in [0.5, 0.6) is 0 Å². The van der Waals surface area contributed by atoms with Gasteiger partial charge in [0.1, 0.15) is 0 Å². The van der Waals surface area contributed by atoms with Crippen LogP contribution in [0.3, 0.4) is 0 Å². The predicted molar refractivity (Wildman–Crippen MR) is 71.7 cm³/mol. The van der Waals surface area contributed by atoms with Crippen LogP contribution in [-0.2, 0) is 9.53 Å². The molecule has 2 atom stereocenters. The molecule has 1 aliphatic rings. The summed E-state index contributed by atoms with van der Waals surface area (Å²) in [5.41, 5.74) is 0.348. The first-order chi connectivity index (χ1) is 8.34. The van der Waals surface area contributed by atoms with Gasteiger partial charge < -0.3 is 14.7 Å². The van der Waals surface area contributed by atoms with Crippen LogP contribution in [0.25, 0.3) is 0 Å². The maximum absolute atomic E-state index is 11.0. The SMILES string of the molecule is CCOC(CCN1CCC(C(C)(C)C)C1)C(=O)O. The predicted octanol–water partition coefficient (Wildman–Crippen LogP) is 2.23. The Balaban J connectivity index is 2.34. The Bertz CT molecular complexity index is 273. The van der Waals surface area contributed by atoms with Crippen LogP contribution in [-0.4, -0.2) is 48.3 Å². The van der Waals surface area contributed by atoms with Gasteiger partial charge in [0.25, 0.3) is 0 Å². The summed E-state index contributed by atoms with van der Waals surface area (Å²) in [6.45, 7) is 12.1. The summed E-state index contributed by atoms with van der Waals surface area (Å²) in [5, 5.41) is 9.02. The highest BCUT2D eigenvalue weighted by molar-refractivity contribution is 5.72. The second kappa shape index (κ2) is 6.53. The minimum Gasteiger partial charge on any atom is -0.479 e. The highest BCUT2D eigenvalue weighted by Gasteiger charge is 2.32. The Labute approximate surface area is 110 Å². The summed E-state index contributed by atoms with van der Waals surface area (Å²) in [5.74, 6) is -0.128. The van der Waals surface area contributed by atoms with Crippen molar-refractivity contribution < 1.29 is 14.6 Å². The van der Waals surface area contributed by atoms with E-state index in [9.17, 15) is 4.79 Å². The number of carboxylic acids is 1. The Kier molecular flexibility index (Phi) is 5.60. The van der Waals surface area contributed by atoms with E-state index in [-0.39, 0.29) is 0 Å². The minimum absolute atomic E-state index is 0.348. The molecular weight excluding hydrogens is 230 g/mol. The first kappa shape index (κ1) is 15.4. The number of aliphatic carboxylic acids is 1. The van der Waals surface area contributed by atoms with Crippen molar-refractivity contribution in [2.75, 3.05) is 26.2 Å². The number of nitrogens with zero attached hydrogens (tertiary/aromatic N) is 1. The Morgan fingerprint density at radius 3 is 2.61 bits per heavy atom. The van der Waals surface area contributed by atoms with E-state index in [0.29, 0.717) is 24.4 Å². The molecule has 1 rings (SSSR count). The summed E-state index contributed by atoms with van der Waals surface area (Å²) >= 11 is 0.